The molecule has 0 amide bonds. The number of nitrogens with one attached hydrogen (secondary N) is 1. The van der Waals surface area contributed by atoms with E-state index in [0.29, 0.717) is 17.8 Å². The molecule has 2 rings (SSSR count). The van der Waals surface area contributed by atoms with Gasteiger partial charge in [0.25, 0.3) is 0 Å². The molecule has 0 spiro atoms. The molecule has 20 heavy (non-hydrogen) atoms. The van der Waals surface area contributed by atoms with Crippen molar-refractivity contribution in [2.45, 2.75) is 26.4 Å². The molecule has 0 radical (unpaired) electrons. The minimum absolute atomic E-state index is 0.0915. The average molecular weight is 274 g/mol. The predicted octanol–water partition coefficient (Wildman–Crippen LogP) is 1.96. The fourth-order valence-corrected chi connectivity index (χ4v) is 2.19. The van der Waals surface area contributed by atoms with Crippen LogP contribution in [0.4, 0.5) is 5.69 Å². The number of nitrogens with zero attached hydrogens (tertiary/aromatic N) is 1. The van der Waals surface area contributed by atoms with Gasteiger partial charge in [-0.15, -0.1) is 0 Å². The third kappa shape index (κ3) is 3.05. The lowest BCUT2D eigenvalue weighted by Gasteiger charge is -2.17. The highest BCUT2D eigenvalue weighted by Crippen LogP contribution is 2.28. The minimum Gasteiger partial charge on any atom is -0.481 e. The van der Waals surface area contributed by atoms with E-state index in [9.17, 15) is 9.90 Å². The fourth-order valence-electron chi connectivity index (χ4n) is 2.19. The summed E-state index contributed by atoms with van der Waals surface area (Å²) >= 11 is 0. The number of aryl methyl sites for hydroxylation is 1. The van der Waals surface area contributed by atoms with E-state index in [0.717, 1.165) is 16.6 Å². The van der Waals surface area contributed by atoms with Gasteiger partial charge in [-0.2, -0.15) is 0 Å². The average Bonchev–Trinajstić information content (AvgIpc) is 2.37. The molecule has 5 nitrogen and oxygen atoms in total. The van der Waals surface area contributed by atoms with E-state index in [4.69, 9.17) is 5.11 Å². The van der Waals surface area contributed by atoms with Gasteiger partial charge >= 0.3 is 5.97 Å². The maximum absolute atomic E-state index is 11.0. The van der Waals surface area contributed by atoms with E-state index in [-0.39, 0.29) is 6.42 Å². The maximum atomic E-state index is 11.0. The summed E-state index contributed by atoms with van der Waals surface area (Å²) in [5.74, 6) is -0.898. The van der Waals surface area contributed by atoms with Crippen molar-refractivity contribution in [1.82, 2.24) is 4.98 Å². The number of carboxylic acid groups (broad SMARTS) is 1. The summed E-state index contributed by atoms with van der Waals surface area (Å²) in [5, 5.41) is 22.5. The number of rotatable bonds is 5. The van der Waals surface area contributed by atoms with Crippen LogP contribution in [-0.4, -0.2) is 33.8 Å². The number of hydrogen-bond acceptors (Lipinski definition) is 4. The van der Waals surface area contributed by atoms with Crippen LogP contribution in [0, 0.1) is 6.92 Å². The molecular formula is C15H18N2O3. The molecule has 5 heteroatoms. The van der Waals surface area contributed by atoms with E-state index in [1.54, 1.807) is 13.8 Å². The zero-order valence-corrected chi connectivity index (χ0v) is 11.6. The smallest absolute Gasteiger partial charge is 0.307 e. The summed E-state index contributed by atoms with van der Waals surface area (Å²) in [6, 6.07) is 7.57. The lowest BCUT2D eigenvalue weighted by Crippen LogP contribution is -2.18. The number of hydrogen-bond donors (Lipinski definition) is 3. The van der Waals surface area contributed by atoms with Gasteiger partial charge in [0.1, 0.15) is 0 Å². The van der Waals surface area contributed by atoms with Gasteiger partial charge in [-0.05, 0) is 19.9 Å². The predicted molar refractivity (Wildman–Crippen MR) is 78.0 cm³/mol. The van der Waals surface area contributed by atoms with E-state index in [1.165, 1.54) is 0 Å². The summed E-state index contributed by atoms with van der Waals surface area (Å²) < 4.78 is 0. The number of aliphatic hydroxyl groups is 1. The Labute approximate surface area is 117 Å². The third-order valence-corrected chi connectivity index (χ3v) is 3.10. The number of aliphatic carboxylic acids is 1. The van der Waals surface area contributed by atoms with Crippen molar-refractivity contribution in [3.63, 3.8) is 0 Å². The van der Waals surface area contributed by atoms with Crippen LogP contribution in [-0.2, 0) is 11.2 Å². The summed E-state index contributed by atoms with van der Waals surface area (Å²) in [6.45, 7) is 3.85. The van der Waals surface area contributed by atoms with Gasteiger partial charge in [0.05, 0.1) is 18.0 Å². The molecule has 1 unspecified atom stereocenters. The van der Waals surface area contributed by atoms with Gasteiger partial charge in [-0.1, -0.05) is 18.2 Å². The van der Waals surface area contributed by atoms with Crippen molar-refractivity contribution in [3.05, 3.63) is 35.5 Å². The lowest BCUT2D eigenvalue weighted by atomic mass is 10.0. The zero-order valence-electron chi connectivity index (χ0n) is 11.6. The Morgan fingerprint density at radius 2 is 2.10 bits per heavy atom. The Bertz CT molecular complexity index is 638. The van der Waals surface area contributed by atoms with Crippen LogP contribution in [0.3, 0.4) is 0 Å². The van der Waals surface area contributed by atoms with Crippen molar-refractivity contribution >= 4 is 22.6 Å². The minimum atomic E-state index is -0.898. The molecule has 1 aromatic heterocycles. The molecule has 3 N–H and O–H groups in total. The molecule has 0 saturated carbocycles. The van der Waals surface area contributed by atoms with Gasteiger partial charge in [-0.25, -0.2) is 0 Å². The lowest BCUT2D eigenvalue weighted by molar-refractivity contribution is -0.136. The van der Waals surface area contributed by atoms with Crippen LogP contribution >= 0.6 is 0 Å². The van der Waals surface area contributed by atoms with Crippen LogP contribution in [0.25, 0.3) is 10.9 Å². The highest BCUT2D eigenvalue weighted by molar-refractivity contribution is 5.94. The number of carboxylic acids is 1. The Balaban J connectivity index is 2.58. The fraction of sp³-hybridized carbons (Fsp3) is 0.333. The topological polar surface area (TPSA) is 82.5 Å². The maximum Gasteiger partial charge on any atom is 0.307 e. The number of benzene rings is 1. The summed E-state index contributed by atoms with van der Waals surface area (Å²) in [7, 11) is 0. The second-order valence-corrected chi connectivity index (χ2v) is 4.87. The highest BCUT2D eigenvalue weighted by Gasteiger charge is 2.15. The van der Waals surface area contributed by atoms with E-state index >= 15 is 0 Å². The molecule has 106 valence electrons. The molecule has 0 aliphatic heterocycles. The molecule has 1 aromatic carbocycles. The summed E-state index contributed by atoms with van der Waals surface area (Å²) in [4.78, 5) is 15.5. The SMILES string of the molecule is Cc1nc2ccccc2c(NCC(C)O)c1CC(=O)O. The van der Waals surface area contributed by atoms with Gasteiger partial charge in [-0.3, -0.25) is 9.78 Å². The first-order valence-electron chi connectivity index (χ1n) is 6.51. The molecule has 0 bridgehead atoms. The number of para-hydroxylation sites is 1. The first-order chi connectivity index (χ1) is 9.49. The second kappa shape index (κ2) is 5.88. The van der Waals surface area contributed by atoms with Gasteiger partial charge in [0, 0.05) is 28.9 Å². The first kappa shape index (κ1) is 14.3. The zero-order chi connectivity index (χ0) is 14.7. The van der Waals surface area contributed by atoms with Crippen LogP contribution in [0.2, 0.25) is 0 Å². The number of fused-ring (bicyclic) bond motifs is 1. The van der Waals surface area contributed by atoms with Crippen LogP contribution in [0.5, 0.6) is 0 Å². The summed E-state index contributed by atoms with van der Waals surface area (Å²) in [5.41, 5.74) is 2.92. The van der Waals surface area contributed by atoms with Crippen molar-refractivity contribution in [2.24, 2.45) is 0 Å². The van der Waals surface area contributed by atoms with Crippen molar-refractivity contribution in [1.29, 1.82) is 0 Å². The number of pyridine rings is 1. The van der Waals surface area contributed by atoms with E-state index in [2.05, 4.69) is 10.3 Å². The van der Waals surface area contributed by atoms with Crippen molar-refractivity contribution in [2.75, 3.05) is 11.9 Å². The van der Waals surface area contributed by atoms with E-state index < -0.39 is 12.1 Å². The molecule has 0 aliphatic rings. The molecule has 1 heterocycles. The number of aliphatic hydroxyl groups excluding tert-OH is 1. The molecule has 2 aromatic rings. The molecule has 0 fully saturated rings. The quantitative estimate of drug-likeness (QED) is 0.776. The van der Waals surface area contributed by atoms with Crippen LogP contribution in [0.15, 0.2) is 24.3 Å². The number of aromatic nitrogens is 1. The largest absolute Gasteiger partial charge is 0.481 e. The van der Waals surface area contributed by atoms with Gasteiger partial charge in [0.2, 0.25) is 0 Å². The number of carbonyl (C=O) groups is 1. The second-order valence-electron chi connectivity index (χ2n) is 4.87. The normalized spacial score (nSPS) is 12.3. The third-order valence-electron chi connectivity index (χ3n) is 3.10. The highest BCUT2D eigenvalue weighted by atomic mass is 16.4. The van der Waals surface area contributed by atoms with E-state index in [1.807, 2.05) is 24.3 Å². The molecular weight excluding hydrogens is 256 g/mol. The Morgan fingerprint density at radius 1 is 1.40 bits per heavy atom. The van der Waals surface area contributed by atoms with Crippen molar-refractivity contribution < 1.29 is 15.0 Å². The van der Waals surface area contributed by atoms with Crippen LogP contribution in [0.1, 0.15) is 18.2 Å². The first-order valence-corrected chi connectivity index (χ1v) is 6.51. The number of anilines is 1. The van der Waals surface area contributed by atoms with Gasteiger partial charge in [0.15, 0.2) is 0 Å². The Kier molecular flexibility index (Phi) is 4.20. The standard InChI is InChI=1S/C15H18N2O3/c1-9(18)8-16-15-11-5-3-4-6-13(11)17-10(2)12(15)7-14(19)20/h3-6,9,18H,7-8H2,1-2H3,(H,16,17)(H,19,20). The van der Waals surface area contributed by atoms with Gasteiger partial charge < -0.3 is 15.5 Å². The molecule has 1 atom stereocenters. The molecule has 0 saturated heterocycles. The Morgan fingerprint density at radius 3 is 2.75 bits per heavy atom. The monoisotopic (exact) mass is 274 g/mol. The van der Waals surface area contributed by atoms with Crippen LogP contribution < -0.4 is 5.32 Å². The van der Waals surface area contributed by atoms with Crippen molar-refractivity contribution in [3.8, 4) is 0 Å². The molecule has 0 aliphatic carbocycles. The Hall–Kier alpha value is -2.14. The summed E-state index contributed by atoms with van der Waals surface area (Å²) in [6.07, 6.45) is -0.605.